The third-order valence-electron chi connectivity index (χ3n) is 3.83. The summed E-state index contributed by atoms with van der Waals surface area (Å²) in [5.41, 5.74) is 1.11. The van der Waals surface area contributed by atoms with Crippen LogP contribution < -0.4 is 10.1 Å². The number of terminal acetylenes is 1. The lowest BCUT2D eigenvalue weighted by Gasteiger charge is -2.12. The molecular formula is C20H14FIN2O3. The Labute approximate surface area is 169 Å². The molecule has 0 radical (unpaired) electrons. The molecule has 3 amide bonds. The van der Waals surface area contributed by atoms with Gasteiger partial charge in [-0.15, -0.1) is 6.42 Å². The van der Waals surface area contributed by atoms with Gasteiger partial charge >= 0.3 is 6.03 Å². The highest BCUT2D eigenvalue weighted by Crippen LogP contribution is 2.24. The molecule has 1 saturated heterocycles. The second kappa shape index (κ2) is 8.22. The SMILES string of the molecule is C#CCOc1ccc(/C=C2/NC(=O)N(Cc3ccccc3F)C2=O)cc1I. The standard InChI is InChI=1S/C20H14FIN2O3/c1-2-9-27-18-8-7-13(10-16(18)22)11-17-19(25)24(20(26)23-17)12-14-5-3-4-6-15(14)21/h1,3-8,10-11H,9,12H2,(H,23,26)/b17-11+. The maximum atomic E-state index is 13.8. The number of ether oxygens (including phenoxy) is 1. The number of carbonyl (C=O) groups is 2. The van der Waals surface area contributed by atoms with Crippen molar-refractivity contribution < 1.29 is 18.7 Å². The first-order valence-electron chi connectivity index (χ1n) is 7.93. The minimum absolute atomic E-state index is 0.129. The van der Waals surface area contributed by atoms with E-state index in [1.165, 1.54) is 12.1 Å². The summed E-state index contributed by atoms with van der Waals surface area (Å²) < 4.78 is 20.0. The highest BCUT2D eigenvalue weighted by atomic mass is 127. The average Bonchev–Trinajstić information content (AvgIpc) is 2.90. The zero-order chi connectivity index (χ0) is 19.4. The summed E-state index contributed by atoms with van der Waals surface area (Å²) in [5, 5.41) is 2.53. The van der Waals surface area contributed by atoms with Crippen molar-refractivity contribution in [1.82, 2.24) is 10.2 Å². The van der Waals surface area contributed by atoms with Crippen molar-refractivity contribution in [3.63, 3.8) is 0 Å². The van der Waals surface area contributed by atoms with E-state index in [0.717, 1.165) is 8.47 Å². The van der Waals surface area contributed by atoms with Gasteiger partial charge in [0.15, 0.2) is 0 Å². The molecule has 5 nitrogen and oxygen atoms in total. The first-order chi connectivity index (χ1) is 13.0. The average molecular weight is 476 g/mol. The van der Waals surface area contributed by atoms with Gasteiger partial charge < -0.3 is 10.1 Å². The minimum Gasteiger partial charge on any atom is -0.480 e. The van der Waals surface area contributed by atoms with E-state index >= 15 is 0 Å². The summed E-state index contributed by atoms with van der Waals surface area (Å²) in [6.07, 6.45) is 6.74. The number of carbonyl (C=O) groups excluding carboxylic acids is 2. The van der Waals surface area contributed by atoms with Crippen molar-refractivity contribution in [2.75, 3.05) is 6.61 Å². The number of hydrogen-bond donors (Lipinski definition) is 1. The summed E-state index contributed by atoms with van der Waals surface area (Å²) in [6.45, 7) is 0.0288. The van der Waals surface area contributed by atoms with Crippen LogP contribution in [-0.2, 0) is 11.3 Å². The molecule has 0 aromatic heterocycles. The van der Waals surface area contributed by atoms with E-state index in [0.29, 0.717) is 11.3 Å². The Hall–Kier alpha value is -2.86. The van der Waals surface area contributed by atoms with Gasteiger partial charge in [-0.2, -0.15) is 0 Å². The van der Waals surface area contributed by atoms with Gasteiger partial charge in [0, 0.05) is 5.56 Å². The van der Waals surface area contributed by atoms with Crippen molar-refractivity contribution in [3.05, 3.63) is 68.7 Å². The molecule has 0 saturated carbocycles. The van der Waals surface area contributed by atoms with Crippen LogP contribution in [0.15, 0.2) is 48.2 Å². The van der Waals surface area contributed by atoms with Crippen molar-refractivity contribution in [2.24, 2.45) is 0 Å². The molecule has 0 bridgehead atoms. The lowest BCUT2D eigenvalue weighted by molar-refractivity contribution is -0.123. The Morgan fingerprint density at radius 1 is 1.26 bits per heavy atom. The van der Waals surface area contributed by atoms with Crippen molar-refractivity contribution in [3.8, 4) is 18.1 Å². The zero-order valence-electron chi connectivity index (χ0n) is 14.0. The van der Waals surface area contributed by atoms with Gasteiger partial charge in [-0.1, -0.05) is 30.2 Å². The fourth-order valence-corrected chi connectivity index (χ4v) is 3.22. The molecule has 0 spiro atoms. The van der Waals surface area contributed by atoms with Crippen LogP contribution in [-0.4, -0.2) is 23.4 Å². The fraction of sp³-hybridized carbons (Fsp3) is 0.100. The quantitative estimate of drug-likeness (QED) is 0.311. The van der Waals surface area contributed by atoms with Gasteiger partial charge in [-0.3, -0.25) is 9.69 Å². The molecule has 2 aromatic carbocycles. The Balaban J connectivity index is 1.79. The summed E-state index contributed by atoms with van der Waals surface area (Å²) in [4.78, 5) is 25.6. The minimum atomic E-state index is -0.585. The second-order valence-electron chi connectivity index (χ2n) is 5.65. The fourth-order valence-electron chi connectivity index (χ4n) is 2.52. The van der Waals surface area contributed by atoms with Gasteiger partial charge in [0.2, 0.25) is 0 Å². The predicted octanol–water partition coefficient (Wildman–Crippen LogP) is 3.54. The van der Waals surface area contributed by atoms with E-state index < -0.39 is 17.8 Å². The smallest absolute Gasteiger partial charge is 0.329 e. The van der Waals surface area contributed by atoms with Crippen LogP contribution in [0.2, 0.25) is 0 Å². The van der Waals surface area contributed by atoms with Crippen LogP contribution in [0.4, 0.5) is 9.18 Å². The van der Waals surface area contributed by atoms with E-state index in [1.54, 1.807) is 36.4 Å². The first-order valence-corrected chi connectivity index (χ1v) is 9.01. The topological polar surface area (TPSA) is 58.6 Å². The molecule has 1 aliphatic heterocycles. The molecule has 1 aliphatic rings. The van der Waals surface area contributed by atoms with Gasteiger partial charge in [0.05, 0.1) is 10.1 Å². The highest BCUT2D eigenvalue weighted by molar-refractivity contribution is 14.1. The van der Waals surface area contributed by atoms with E-state index in [-0.39, 0.29) is 24.4 Å². The number of rotatable bonds is 5. The van der Waals surface area contributed by atoms with Crippen molar-refractivity contribution in [2.45, 2.75) is 6.54 Å². The van der Waals surface area contributed by atoms with E-state index in [2.05, 4.69) is 33.8 Å². The Morgan fingerprint density at radius 2 is 2.04 bits per heavy atom. The van der Waals surface area contributed by atoms with Gasteiger partial charge in [0.1, 0.15) is 23.9 Å². The maximum absolute atomic E-state index is 13.8. The molecule has 1 fully saturated rings. The summed E-state index contributed by atoms with van der Waals surface area (Å²) >= 11 is 2.10. The maximum Gasteiger partial charge on any atom is 0.329 e. The Kier molecular flexibility index (Phi) is 5.76. The third kappa shape index (κ3) is 4.28. The molecular weight excluding hydrogens is 462 g/mol. The van der Waals surface area contributed by atoms with Crippen LogP contribution >= 0.6 is 22.6 Å². The van der Waals surface area contributed by atoms with Gasteiger partial charge in [-0.05, 0) is 52.4 Å². The van der Waals surface area contributed by atoms with Gasteiger partial charge in [-0.25, -0.2) is 9.18 Å². The summed E-state index contributed by atoms with van der Waals surface area (Å²) in [5.74, 6) is 2.06. The van der Waals surface area contributed by atoms with Crippen LogP contribution in [0.1, 0.15) is 11.1 Å². The number of urea groups is 1. The number of halogens is 2. The van der Waals surface area contributed by atoms with Crippen LogP contribution in [0.25, 0.3) is 6.08 Å². The van der Waals surface area contributed by atoms with Crippen LogP contribution in [0.5, 0.6) is 5.75 Å². The van der Waals surface area contributed by atoms with Crippen molar-refractivity contribution in [1.29, 1.82) is 0 Å². The number of amides is 3. The number of nitrogens with one attached hydrogen (secondary N) is 1. The summed E-state index contributed by atoms with van der Waals surface area (Å²) in [6, 6.07) is 10.7. The largest absolute Gasteiger partial charge is 0.480 e. The molecule has 0 atom stereocenters. The molecule has 3 rings (SSSR count). The molecule has 1 heterocycles. The van der Waals surface area contributed by atoms with Crippen molar-refractivity contribution >= 4 is 40.6 Å². The first kappa shape index (κ1) is 18.9. The predicted molar refractivity (Wildman–Crippen MR) is 107 cm³/mol. The monoisotopic (exact) mass is 476 g/mol. The number of benzene rings is 2. The molecule has 7 heteroatoms. The Morgan fingerprint density at radius 3 is 2.74 bits per heavy atom. The van der Waals surface area contributed by atoms with E-state index in [4.69, 9.17) is 11.2 Å². The lowest BCUT2D eigenvalue weighted by atomic mass is 10.1. The van der Waals surface area contributed by atoms with Crippen LogP contribution in [0, 0.1) is 21.7 Å². The summed E-state index contributed by atoms with van der Waals surface area (Å²) in [7, 11) is 0. The molecule has 0 aliphatic carbocycles. The molecule has 1 N–H and O–H groups in total. The number of imide groups is 1. The van der Waals surface area contributed by atoms with E-state index in [1.807, 2.05) is 0 Å². The molecule has 2 aromatic rings. The second-order valence-corrected chi connectivity index (χ2v) is 6.82. The van der Waals surface area contributed by atoms with Crippen LogP contribution in [0.3, 0.4) is 0 Å². The lowest BCUT2D eigenvalue weighted by Crippen LogP contribution is -2.30. The molecule has 136 valence electrons. The normalized spacial score (nSPS) is 15.0. The van der Waals surface area contributed by atoms with E-state index in [9.17, 15) is 14.0 Å². The Bertz CT molecular complexity index is 981. The number of hydrogen-bond acceptors (Lipinski definition) is 3. The third-order valence-corrected chi connectivity index (χ3v) is 4.67. The van der Waals surface area contributed by atoms with Gasteiger partial charge in [0.25, 0.3) is 5.91 Å². The molecule has 27 heavy (non-hydrogen) atoms. The number of nitrogens with zero attached hydrogens (tertiary/aromatic N) is 1. The highest BCUT2D eigenvalue weighted by Gasteiger charge is 2.33. The molecule has 0 unspecified atom stereocenters. The zero-order valence-corrected chi connectivity index (χ0v) is 16.2.